The predicted octanol–water partition coefficient (Wildman–Crippen LogP) is 2.48. The first kappa shape index (κ1) is 50.7. The highest BCUT2D eigenvalue weighted by Crippen LogP contribution is 2.46. The Morgan fingerprint density at radius 3 is 2.19 bits per heavy atom. The molecule has 3 fully saturated rings. The number of aliphatic hydroxyl groups is 4. The van der Waals surface area contributed by atoms with Crippen molar-refractivity contribution < 1.29 is 58.4 Å². The maximum absolute atomic E-state index is 14.4. The second-order valence-electron chi connectivity index (χ2n) is 18.4. The molecule has 19 atom stereocenters. The lowest BCUT2D eigenvalue weighted by Crippen LogP contribution is -2.63. The van der Waals surface area contributed by atoms with E-state index >= 15 is 0 Å². The molecule has 0 amide bonds. The van der Waals surface area contributed by atoms with Gasteiger partial charge >= 0.3 is 5.97 Å². The number of rotatable bonds is 11. The van der Waals surface area contributed by atoms with Crippen LogP contribution in [-0.2, 0) is 38.0 Å². The maximum Gasteiger partial charge on any atom is 0.311 e. The molecule has 0 radical (unpaired) electrons. The first-order chi connectivity index (χ1) is 26.3. The molecule has 336 valence electrons. The van der Waals surface area contributed by atoms with Crippen LogP contribution in [0.4, 0.5) is 0 Å². The topological polar surface area (TPSA) is 195 Å². The summed E-state index contributed by atoms with van der Waals surface area (Å²) in [4.78, 5) is 18.4. The van der Waals surface area contributed by atoms with Gasteiger partial charge in [-0.2, -0.15) is 0 Å². The highest BCUT2D eigenvalue weighted by atomic mass is 31.0. The van der Waals surface area contributed by atoms with Crippen LogP contribution in [0.15, 0.2) is 0 Å². The van der Waals surface area contributed by atoms with Gasteiger partial charge < -0.3 is 69.1 Å². The number of ether oxygens (including phenoxy) is 7. The lowest BCUT2D eigenvalue weighted by molar-refractivity contribution is -0.324. The Kier molecular flexibility index (Phi) is 18.2. The standard InChI is InChI=1S/C41H80N3O12P/c1-15-30-40(10,48)34(45)27(6)44(13)22-23(2)20-38(8,47)35(56-37-33(51-18-16-17-42)29(43(11)12)19-24(3)52-37)25(4)32(26(5)36(46)54-30)55-31-21-39(9,50-14)41(49,57)28(7)53-31/h23-35,37,45,47-49H,15-22,42,57H2,1-14H3. The average Bonchev–Trinajstić information content (AvgIpc) is 3.12. The molecule has 19 unspecified atom stereocenters. The fourth-order valence-electron chi connectivity index (χ4n) is 9.23. The van der Waals surface area contributed by atoms with Gasteiger partial charge in [0.05, 0.1) is 35.9 Å². The summed E-state index contributed by atoms with van der Waals surface area (Å²) in [6, 6.07) is -0.610. The Morgan fingerprint density at radius 2 is 1.63 bits per heavy atom. The number of carbonyl (C=O) groups is 1. The lowest BCUT2D eigenvalue weighted by atomic mass is 9.77. The molecule has 3 aliphatic rings. The molecule has 0 bridgehead atoms. The van der Waals surface area contributed by atoms with E-state index in [4.69, 9.17) is 38.9 Å². The number of hydrogen-bond acceptors (Lipinski definition) is 15. The Morgan fingerprint density at radius 1 is 1.00 bits per heavy atom. The predicted molar refractivity (Wildman–Crippen MR) is 220 cm³/mol. The monoisotopic (exact) mass is 838 g/mol. The van der Waals surface area contributed by atoms with Gasteiger partial charge in [0.1, 0.15) is 34.9 Å². The van der Waals surface area contributed by atoms with Crippen molar-refractivity contribution in [2.75, 3.05) is 47.9 Å². The smallest absolute Gasteiger partial charge is 0.311 e. The summed E-state index contributed by atoms with van der Waals surface area (Å²) in [5.41, 5.74) is 1.39. The number of carbonyl (C=O) groups excluding carboxylic acids is 1. The summed E-state index contributed by atoms with van der Waals surface area (Å²) in [6.45, 7) is 19.2. The lowest BCUT2D eigenvalue weighted by Gasteiger charge is -2.52. The molecule has 3 heterocycles. The van der Waals surface area contributed by atoms with Crippen LogP contribution < -0.4 is 5.73 Å². The van der Waals surface area contributed by atoms with E-state index in [1.165, 1.54) is 14.0 Å². The van der Waals surface area contributed by atoms with Crippen molar-refractivity contribution in [3.05, 3.63) is 0 Å². The van der Waals surface area contributed by atoms with E-state index in [1.54, 1.807) is 34.6 Å². The molecule has 15 nitrogen and oxygen atoms in total. The van der Waals surface area contributed by atoms with Gasteiger partial charge in [0.2, 0.25) is 0 Å². The fourth-order valence-corrected chi connectivity index (χ4v) is 9.54. The van der Waals surface area contributed by atoms with Gasteiger partial charge in [-0.15, -0.1) is 0 Å². The van der Waals surface area contributed by atoms with Crippen LogP contribution in [0.25, 0.3) is 0 Å². The van der Waals surface area contributed by atoms with Crippen molar-refractivity contribution in [2.45, 2.75) is 191 Å². The summed E-state index contributed by atoms with van der Waals surface area (Å²) in [5, 5.41) is 46.1. The molecule has 0 aliphatic carbocycles. The molecule has 3 aliphatic heterocycles. The molecule has 6 N–H and O–H groups in total. The van der Waals surface area contributed by atoms with Crippen LogP contribution in [0.2, 0.25) is 0 Å². The number of esters is 1. The van der Waals surface area contributed by atoms with Crippen molar-refractivity contribution in [3.63, 3.8) is 0 Å². The van der Waals surface area contributed by atoms with Crippen LogP contribution in [0.3, 0.4) is 0 Å². The third kappa shape index (κ3) is 11.7. The minimum Gasteiger partial charge on any atom is -0.459 e. The molecule has 57 heavy (non-hydrogen) atoms. The van der Waals surface area contributed by atoms with Gasteiger partial charge in [-0.3, -0.25) is 4.79 Å². The van der Waals surface area contributed by atoms with Gasteiger partial charge in [0, 0.05) is 44.7 Å². The molecule has 0 aromatic carbocycles. The van der Waals surface area contributed by atoms with Crippen LogP contribution in [0.1, 0.15) is 101 Å². The molecular formula is C41H80N3O12P. The van der Waals surface area contributed by atoms with Crippen molar-refractivity contribution in [3.8, 4) is 0 Å². The first-order valence-electron chi connectivity index (χ1n) is 21.0. The minimum atomic E-state index is -1.80. The molecule has 3 rings (SSSR count). The summed E-state index contributed by atoms with van der Waals surface area (Å²) >= 11 is 0. The van der Waals surface area contributed by atoms with Gasteiger partial charge in [0.15, 0.2) is 12.6 Å². The minimum absolute atomic E-state index is 0.0752. The first-order valence-corrected chi connectivity index (χ1v) is 21.6. The average molecular weight is 838 g/mol. The zero-order valence-electron chi connectivity index (χ0n) is 37.3. The van der Waals surface area contributed by atoms with E-state index in [-0.39, 0.29) is 37.3 Å². The van der Waals surface area contributed by atoms with E-state index < -0.39 is 95.2 Å². The van der Waals surface area contributed by atoms with Crippen molar-refractivity contribution in [1.29, 1.82) is 0 Å². The summed E-state index contributed by atoms with van der Waals surface area (Å²) in [6.07, 6.45) is -5.80. The molecule has 16 heteroatoms. The summed E-state index contributed by atoms with van der Waals surface area (Å²) < 4.78 is 45.2. The molecule has 0 spiro atoms. The SMILES string of the molecule is CCC1OC(=O)C(C)C(OC2CC(C)(OC)C(O)(P)C(C)O2)C(C)C(OC2OC(C)CC(N(C)C)C2OCCCN)C(C)(O)CC(C)CN(C)C(C)C(O)C1(C)O. The second kappa shape index (κ2) is 20.5. The third-order valence-electron chi connectivity index (χ3n) is 13.2. The van der Waals surface area contributed by atoms with Crippen molar-refractivity contribution in [1.82, 2.24) is 9.80 Å². The molecule has 3 saturated heterocycles. The van der Waals surface area contributed by atoms with Crippen molar-refractivity contribution in [2.24, 2.45) is 23.5 Å². The number of nitrogens with zero attached hydrogens (tertiary/aromatic N) is 2. The van der Waals surface area contributed by atoms with Gasteiger partial charge in [-0.05, 0) is 108 Å². The summed E-state index contributed by atoms with van der Waals surface area (Å²) in [5.74, 6) is -2.54. The number of nitrogens with two attached hydrogens (primary N) is 1. The van der Waals surface area contributed by atoms with E-state index in [2.05, 4.69) is 14.1 Å². The Bertz CT molecular complexity index is 1260. The highest BCUT2D eigenvalue weighted by Gasteiger charge is 2.56. The number of cyclic esters (lactones) is 1. The quantitative estimate of drug-likeness (QED) is 0.116. The maximum atomic E-state index is 14.4. The van der Waals surface area contributed by atoms with E-state index in [0.29, 0.717) is 32.5 Å². The Balaban J connectivity index is 2.23. The number of likely N-dealkylation sites (N-methyl/N-ethyl adjacent to an activating group) is 2. The highest BCUT2D eigenvalue weighted by molar-refractivity contribution is 7.18. The zero-order valence-corrected chi connectivity index (χ0v) is 38.5. The second-order valence-corrected chi connectivity index (χ2v) is 19.3. The van der Waals surface area contributed by atoms with Gasteiger partial charge in [-0.25, -0.2) is 0 Å². The normalized spacial score (nSPS) is 47.6. The number of methoxy groups -OCH3 is 1. The third-order valence-corrected chi connectivity index (χ3v) is 14.3. The van der Waals surface area contributed by atoms with Crippen molar-refractivity contribution >= 4 is 15.2 Å². The molecule has 0 aromatic heterocycles. The van der Waals surface area contributed by atoms with Gasteiger partial charge in [-0.1, -0.05) is 30.0 Å². The van der Waals surface area contributed by atoms with E-state index in [1.807, 2.05) is 53.7 Å². The zero-order chi connectivity index (χ0) is 43.4. The largest absolute Gasteiger partial charge is 0.459 e. The van der Waals surface area contributed by atoms with Crippen LogP contribution >= 0.6 is 9.24 Å². The van der Waals surface area contributed by atoms with Crippen LogP contribution in [0.5, 0.6) is 0 Å². The van der Waals surface area contributed by atoms with E-state index in [9.17, 15) is 25.2 Å². The Labute approximate surface area is 345 Å². The van der Waals surface area contributed by atoms with E-state index in [0.717, 1.165) is 0 Å². The number of aliphatic hydroxyl groups excluding tert-OH is 1. The molecule has 0 aromatic rings. The molecule has 0 saturated carbocycles. The van der Waals surface area contributed by atoms with Crippen LogP contribution in [-0.4, -0.2) is 174 Å². The Hall–Kier alpha value is -0.620. The van der Waals surface area contributed by atoms with Crippen LogP contribution in [0, 0.1) is 17.8 Å². The summed E-state index contributed by atoms with van der Waals surface area (Å²) in [7, 11) is 9.80. The van der Waals surface area contributed by atoms with Gasteiger partial charge in [0.25, 0.3) is 0 Å². The fraction of sp³-hybridized carbons (Fsp3) is 0.976. The number of hydrogen-bond donors (Lipinski definition) is 5. The molecular weight excluding hydrogens is 757 g/mol.